The Balaban J connectivity index is 1.40. The standard InChI is InChI=1S/C20H21N5O/c26-20(23-7-3-10-25-11-9-21-14-25)17-6-8-22-19(17)12-15-13-24-18-5-2-1-4-16(15)18/h1-2,4-6,8-9,11-12,14,22,24H,3,7,10,13H2,(H,23,26). The third kappa shape index (κ3) is 3.39. The molecule has 0 spiro atoms. The minimum absolute atomic E-state index is 0.0528. The second-order valence-corrected chi connectivity index (χ2v) is 6.28. The number of imidazole rings is 1. The highest BCUT2D eigenvalue weighted by Gasteiger charge is 2.17. The number of carbonyl (C=O) groups is 1. The van der Waals surface area contributed by atoms with Crippen LogP contribution in [0.2, 0.25) is 0 Å². The maximum Gasteiger partial charge on any atom is 0.253 e. The zero-order chi connectivity index (χ0) is 17.8. The SMILES string of the molecule is O=C(NCCCn1ccnc1)c1cc[nH]c1C=C1CNc2ccccc21. The van der Waals surface area contributed by atoms with Gasteiger partial charge in [0, 0.05) is 49.5 Å². The quantitative estimate of drug-likeness (QED) is 0.600. The predicted octanol–water partition coefficient (Wildman–Crippen LogP) is 3.00. The van der Waals surface area contributed by atoms with Crippen molar-refractivity contribution in [3.63, 3.8) is 0 Å². The molecule has 0 aliphatic carbocycles. The molecule has 0 radical (unpaired) electrons. The molecule has 132 valence electrons. The molecule has 0 saturated carbocycles. The normalized spacial score (nSPS) is 14.2. The summed E-state index contributed by atoms with van der Waals surface area (Å²) in [6.07, 6.45) is 10.2. The van der Waals surface area contributed by atoms with Gasteiger partial charge in [0.15, 0.2) is 0 Å². The molecule has 1 aromatic carbocycles. The van der Waals surface area contributed by atoms with Gasteiger partial charge in [0.05, 0.1) is 17.6 Å². The van der Waals surface area contributed by atoms with Crippen molar-refractivity contribution < 1.29 is 4.79 Å². The molecule has 0 atom stereocenters. The fraction of sp³-hybridized carbons (Fsp3) is 0.200. The van der Waals surface area contributed by atoms with Crippen molar-refractivity contribution in [2.24, 2.45) is 0 Å². The smallest absolute Gasteiger partial charge is 0.253 e. The predicted molar refractivity (Wildman–Crippen MR) is 103 cm³/mol. The summed E-state index contributed by atoms with van der Waals surface area (Å²) in [6.45, 7) is 2.24. The van der Waals surface area contributed by atoms with Crippen LogP contribution in [0.25, 0.3) is 11.6 Å². The topological polar surface area (TPSA) is 74.7 Å². The zero-order valence-corrected chi connectivity index (χ0v) is 14.4. The first-order chi connectivity index (χ1) is 12.8. The van der Waals surface area contributed by atoms with Crippen LogP contribution in [0.5, 0.6) is 0 Å². The number of hydrogen-bond donors (Lipinski definition) is 3. The summed E-state index contributed by atoms with van der Waals surface area (Å²) in [5, 5.41) is 6.37. The van der Waals surface area contributed by atoms with Crippen molar-refractivity contribution >= 4 is 23.2 Å². The van der Waals surface area contributed by atoms with Gasteiger partial charge < -0.3 is 20.2 Å². The summed E-state index contributed by atoms with van der Waals surface area (Å²) >= 11 is 0. The maximum atomic E-state index is 12.5. The molecule has 1 aliphatic heterocycles. The number of rotatable bonds is 6. The van der Waals surface area contributed by atoms with Crippen molar-refractivity contribution in [2.45, 2.75) is 13.0 Å². The number of benzene rings is 1. The molecule has 0 saturated heterocycles. The van der Waals surface area contributed by atoms with E-state index in [0.29, 0.717) is 12.1 Å². The Hall–Kier alpha value is -3.28. The third-order valence-electron chi connectivity index (χ3n) is 4.52. The van der Waals surface area contributed by atoms with Crippen LogP contribution < -0.4 is 10.6 Å². The van der Waals surface area contributed by atoms with Gasteiger partial charge in [-0.25, -0.2) is 4.98 Å². The van der Waals surface area contributed by atoms with Crippen molar-refractivity contribution in [2.75, 3.05) is 18.4 Å². The Morgan fingerprint density at radius 3 is 3.12 bits per heavy atom. The van der Waals surface area contributed by atoms with Gasteiger partial charge in [-0.2, -0.15) is 0 Å². The summed E-state index contributed by atoms with van der Waals surface area (Å²) < 4.78 is 2.00. The molecule has 1 amide bonds. The Morgan fingerprint density at radius 1 is 1.31 bits per heavy atom. The zero-order valence-electron chi connectivity index (χ0n) is 14.4. The monoisotopic (exact) mass is 347 g/mol. The van der Waals surface area contributed by atoms with Gasteiger partial charge in [-0.3, -0.25) is 4.79 Å². The molecule has 0 fully saturated rings. The highest BCUT2D eigenvalue weighted by atomic mass is 16.1. The molecule has 6 heteroatoms. The molecule has 3 N–H and O–H groups in total. The fourth-order valence-electron chi connectivity index (χ4n) is 3.18. The van der Waals surface area contributed by atoms with E-state index >= 15 is 0 Å². The first-order valence-corrected chi connectivity index (χ1v) is 8.76. The average molecular weight is 347 g/mol. The minimum atomic E-state index is -0.0528. The maximum absolute atomic E-state index is 12.5. The van der Waals surface area contributed by atoms with Crippen LogP contribution in [0.1, 0.15) is 28.0 Å². The van der Waals surface area contributed by atoms with Gasteiger partial charge >= 0.3 is 0 Å². The molecule has 4 rings (SSSR count). The van der Waals surface area contributed by atoms with Crippen LogP contribution in [-0.2, 0) is 6.54 Å². The first kappa shape index (κ1) is 16.2. The van der Waals surface area contributed by atoms with E-state index in [1.165, 1.54) is 11.1 Å². The van der Waals surface area contributed by atoms with Gasteiger partial charge in [0.1, 0.15) is 0 Å². The molecular formula is C20H21N5O. The Labute approximate surface area is 152 Å². The summed E-state index contributed by atoms with van der Waals surface area (Å²) in [6, 6.07) is 10.0. The van der Waals surface area contributed by atoms with Gasteiger partial charge in [-0.1, -0.05) is 18.2 Å². The van der Waals surface area contributed by atoms with Gasteiger partial charge in [-0.05, 0) is 30.2 Å². The van der Waals surface area contributed by atoms with E-state index < -0.39 is 0 Å². The second kappa shape index (κ2) is 7.31. The largest absolute Gasteiger partial charge is 0.380 e. The van der Waals surface area contributed by atoms with E-state index in [0.717, 1.165) is 30.9 Å². The van der Waals surface area contributed by atoms with Crippen LogP contribution in [0.4, 0.5) is 5.69 Å². The van der Waals surface area contributed by atoms with Gasteiger partial charge in [0.2, 0.25) is 0 Å². The summed E-state index contributed by atoms with van der Waals surface area (Å²) in [5.74, 6) is -0.0528. The lowest BCUT2D eigenvalue weighted by molar-refractivity contribution is 0.0952. The second-order valence-electron chi connectivity index (χ2n) is 6.28. The highest BCUT2D eigenvalue weighted by molar-refractivity contribution is 6.00. The number of aryl methyl sites for hydroxylation is 1. The highest BCUT2D eigenvalue weighted by Crippen LogP contribution is 2.31. The number of aromatic nitrogens is 3. The Kier molecular flexibility index (Phi) is 4.55. The van der Waals surface area contributed by atoms with Crippen LogP contribution in [0, 0.1) is 0 Å². The first-order valence-electron chi connectivity index (χ1n) is 8.76. The Morgan fingerprint density at radius 2 is 2.23 bits per heavy atom. The molecular weight excluding hydrogens is 326 g/mol. The van der Waals surface area contributed by atoms with Crippen molar-refractivity contribution in [3.05, 3.63) is 72.1 Å². The molecule has 0 bridgehead atoms. The van der Waals surface area contributed by atoms with Gasteiger partial charge in [0.25, 0.3) is 5.91 Å². The van der Waals surface area contributed by atoms with Crippen LogP contribution in [0.3, 0.4) is 0 Å². The molecule has 1 aliphatic rings. The molecule has 26 heavy (non-hydrogen) atoms. The van der Waals surface area contributed by atoms with Crippen LogP contribution >= 0.6 is 0 Å². The molecule has 6 nitrogen and oxygen atoms in total. The Bertz CT molecular complexity index is 923. The molecule has 0 unspecified atom stereocenters. The number of amides is 1. The number of para-hydroxylation sites is 1. The van der Waals surface area contributed by atoms with E-state index in [2.05, 4.69) is 38.8 Å². The van der Waals surface area contributed by atoms with Crippen molar-refractivity contribution in [3.8, 4) is 0 Å². The van der Waals surface area contributed by atoms with E-state index in [9.17, 15) is 4.79 Å². The lowest BCUT2D eigenvalue weighted by atomic mass is 10.1. The number of nitrogens with zero attached hydrogens (tertiary/aromatic N) is 2. The van der Waals surface area contributed by atoms with E-state index in [1.807, 2.05) is 29.0 Å². The van der Waals surface area contributed by atoms with E-state index in [-0.39, 0.29) is 5.91 Å². The molecule has 3 aromatic rings. The van der Waals surface area contributed by atoms with Crippen molar-refractivity contribution in [1.29, 1.82) is 0 Å². The lowest BCUT2D eigenvalue weighted by Crippen LogP contribution is -2.25. The summed E-state index contributed by atoms with van der Waals surface area (Å²) in [4.78, 5) is 19.7. The molecule has 3 heterocycles. The van der Waals surface area contributed by atoms with Gasteiger partial charge in [-0.15, -0.1) is 0 Å². The van der Waals surface area contributed by atoms with E-state index in [4.69, 9.17) is 0 Å². The average Bonchev–Trinajstić information content (AvgIpc) is 3.41. The number of anilines is 1. The molecule has 2 aromatic heterocycles. The summed E-state index contributed by atoms with van der Waals surface area (Å²) in [5.41, 5.74) is 5.01. The number of H-pyrrole nitrogens is 1. The number of carbonyl (C=O) groups excluding carboxylic acids is 1. The minimum Gasteiger partial charge on any atom is -0.380 e. The van der Waals surface area contributed by atoms with Crippen molar-refractivity contribution in [1.82, 2.24) is 19.9 Å². The number of fused-ring (bicyclic) bond motifs is 1. The number of nitrogens with one attached hydrogen (secondary N) is 3. The van der Waals surface area contributed by atoms with E-state index in [1.54, 1.807) is 18.7 Å². The third-order valence-corrected chi connectivity index (χ3v) is 4.52. The number of aromatic amines is 1. The number of hydrogen-bond acceptors (Lipinski definition) is 3. The van der Waals surface area contributed by atoms with Crippen LogP contribution in [-0.4, -0.2) is 33.5 Å². The fourth-order valence-corrected chi connectivity index (χ4v) is 3.18. The lowest BCUT2D eigenvalue weighted by Gasteiger charge is -2.06. The summed E-state index contributed by atoms with van der Waals surface area (Å²) in [7, 11) is 0. The van der Waals surface area contributed by atoms with Crippen LogP contribution in [0.15, 0.2) is 55.2 Å².